The summed E-state index contributed by atoms with van der Waals surface area (Å²) in [6, 6.07) is 7.02. The normalized spacial score (nSPS) is 18.3. The Morgan fingerprint density at radius 2 is 2.27 bits per heavy atom. The summed E-state index contributed by atoms with van der Waals surface area (Å²) in [6.45, 7) is 0.536. The minimum Gasteiger partial charge on any atom is -0.476 e. The zero-order chi connectivity index (χ0) is 18.7. The SMILES string of the molecule is NC(c1ccccc1Cl)[C@H]1CCC(=O)N1CCSc1nc(C(=O)O)cs1. The smallest absolute Gasteiger partial charge is 0.355 e. The lowest BCUT2D eigenvalue weighted by molar-refractivity contribution is -0.128. The van der Waals surface area contributed by atoms with E-state index in [1.54, 1.807) is 6.07 Å². The second-order valence-electron chi connectivity index (χ2n) is 5.89. The predicted octanol–water partition coefficient (Wildman–Crippen LogP) is 3.28. The molecule has 2 atom stereocenters. The topological polar surface area (TPSA) is 96.5 Å². The quantitative estimate of drug-likeness (QED) is 0.678. The molecule has 1 amide bonds. The number of nitrogens with two attached hydrogens (primary N) is 1. The van der Waals surface area contributed by atoms with Crippen LogP contribution in [0.2, 0.25) is 5.02 Å². The van der Waals surface area contributed by atoms with Crippen molar-refractivity contribution in [2.45, 2.75) is 29.3 Å². The fourth-order valence-corrected chi connectivity index (χ4v) is 5.10. The van der Waals surface area contributed by atoms with Gasteiger partial charge in [-0.1, -0.05) is 41.6 Å². The van der Waals surface area contributed by atoms with E-state index in [-0.39, 0.29) is 23.7 Å². The molecule has 1 saturated heterocycles. The van der Waals surface area contributed by atoms with Crippen molar-refractivity contribution in [1.29, 1.82) is 0 Å². The van der Waals surface area contributed by atoms with Gasteiger partial charge in [0.25, 0.3) is 0 Å². The number of carbonyl (C=O) groups is 2. The van der Waals surface area contributed by atoms with Gasteiger partial charge in [0.2, 0.25) is 5.91 Å². The number of rotatable bonds is 7. The number of carbonyl (C=O) groups excluding carboxylic acids is 1. The van der Waals surface area contributed by atoms with E-state index in [2.05, 4.69) is 4.98 Å². The van der Waals surface area contributed by atoms with Gasteiger partial charge in [-0.2, -0.15) is 0 Å². The molecular weight excluding hydrogens is 394 g/mol. The molecule has 1 aliphatic heterocycles. The van der Waals surface area contributed by atoms with E-state index in [0.29, 0.717) is 34.5 Å². The number of aromatic carboxylic acids is 1. The Morgan fingerprint density at radius 3 is 2.96 bits per heavy atom. The lowest BCUT2D eigenvalue weighted by Gasteiger charge is -2.30. The molecule has 1 fully saturated rings. The van der Waals surface area contributed by atoms with E-state index >= 15 is 0 Å². The van der Waals surface area contributed by atoms with Crippen LogP contribution in [0.5, 0.6) is 0 Å². The molecule has 0 spiro atoms. The van der Waals surface area contributed by atoms with Crippen LogP contribution in [-0.4, -0.2) is 45.2 Å². The van der Waals surface area contributed by atoms with Crippen molar-refractivity contribution in [2.24, 2.45) is 5.73 Å². The van der Waals surface area contributed by atoms with Gasteiger partial charge >= 0.3 is 5.97 Å². The zero-order valence-corrected chi connectivity index (χ0v) is 16.2. The zero-order valence-electron chi connectivity index (χ0n) is 13.8. The highest BCUT2D eigenvalue weighted by Gasteiger charge is 2.35. The van der Waals surface area contributed by atoms with Crippen LogP contribution in [0.15, 0.2) is 34.0 Å². The molecule has 9 heteroatoms. The van der Waals surface area contributed by atoms with Gasteiger partial charge in [-0.05, 0) is 18.1 Å². The summed E-state index contributed by atoms with van der Waals surface area (Å²) in [5.41, 5.74) is 7.31. The number of halogens is 1. The Labute approximate surface area is 164 Å². The van der Waals surface area contributed by atoms with Crippen molar-refractivity contribution >= 4 is 46.6 Å². The molecule has 2 aromatic rings. The van der Waals surface area contributed by atoms with Crippen molar-refractivity contribution < 1.29 is 14.7 Å². The van der Waals surface area contributed by atoms with Gasteiger partial charge in [0.15, 0.2) is 10.0 Å². The second kappa shape index (κ2) is 8.39. The summed E-state index contributed by atoms with van der Waals surface area (Å²) in [6.07, 6.45) is 1.18. The van der Waals surface area contributed by atoms with E-state index in [1.165, 1.54) is 28.5 Å². The maximum absolute atomic E-state index is 12.3. The van der Waals surface area contributed by atoms with Gasteiger partial charge in [-0.25, -0.2) is 9.78 Å². The molecule has 26 heavy (non-hydrogen) atoms. The van der Waals surface area contributed by atoms with E-state index in [0.717, 1.165) is 5.56 Å². The summed E-state index contributed by atoms with van der Waals surface area (Å²) in [4.78, 5) is 29.0. The number of hydrogen-bond acceptors (Lipinski definition) is 6. The second-order valence-corrected chi connectivity index (χ2v) is 8.50. The maximum atomic E-state index is 12.3. The molecule has 0 radical (unpaired) electrons. The van der Waals surface area contributed by atoms with E-state index in [1.807, 2.05) is 23.1 Å². The van der Waals surface area contributed by atoms with Crippen molar-refractivity contribution in [3.05, 3.63) is 45.9 Å². The Balaban J connectivity index is 1.62. The summed E-state index contributed by atoms with van der Waals surface area (Å²) in [7, 11) is 0. The third-order valence-electron chi connectivity index (χ3n) is 4.31. The number of likely N-dealkylation sites (tertiary alicyclic amines) is 1. The number of aromatic nitrogens is 1. The highest BCUT2D eigenvalue weighted by Crippen LogP contribution is 2.32. The first kappa shape index (κ1) is 19.2. The molecule has 3 rings (SSSR count). The third kappa shape index (κ3) is 4.20. The van der Waals surface area contributed by atoms with Gasteiger partial charge in [-0.15, -0.1) is 11.3 Å². The highest BCUT2D eigenvalue weighted by atomic mass is 35.5. The van der Waals surface area contributed by atoms with E-state index < -0.39 is 5.97 Å². The fraction of sp³-hybridized carbons (Fsp3) is 0.353. The molecule has 1 aromatic carbocycles. The minimum atomic E-state index is -1.03. The van der Waals surface area contributed by atoms with Crippen LogP contribution in [0.3, 0.4) is 0 Å². The van der Waals surface area contributed by atoms with Crippen LogP contribution in [-0.2, 0) is 4.79 Å². The van der Waals surface area contributed by atoms with Crippen LogP contribution >= 0.6 is 34.7 Å². The van der Waals surface area contributed by atoms with Crippen molar-refractivity contribution in [1.82, 2.24) is 9.88 Å². The number of carboxylic acids is 1. The number of amides is 1. The van der Waals surface area contributed by atoms with Crippen molar-refractivity contribution in [3.8, 4) is 0 Å². The van der Waals surface area contributed by atoms with Gasteiger partial charge < -0.3 is 15.7 Å². The Morgan fingerprint density at radius 1 is 1.50 bits per heavy atom. The summed E-state index contributed by atoms with van der Waals surface area (Å²) < 4.78 is 0.681. The number of benzene rings is 1. The monoisotopic (exact) mass is 411 g/mol. The van der Waals surface area contributed by atoms with E-state index in [9.17, 15) is 9.59 Å². The molecule has 6 nitrogen and oxygen atoms in total. The molecule has 138 valence electrons. The lowest BCUT2D eigenvalue weighted by atomic mass is 9.98. The van der Waals surface area contributed by atoms with Crippen LogP contribution in [0.1, 0.15) is 34.9 Å². The molecule has 1 aliphatic rings. The number of hydrogen-bond donors (Lipinski definition) is 2. The standard InChI is InChI=1S/C17H18ClN3O3S2/c18-11-4-2-1-3-10(11)15(19)13-5-6-14(22)21(13)7-8-25-17-20-12(9-26-17)16(23)24/h1-4,9,13,15H,5-8,19H2,(H,23,24)/t13-,15?/m1/s1. The summed E-state index contributed by atoms with van der Waals surface area (Å²) in [5.74, 6) is -0.318. The van der Waals surface area contributed by atoms with E-state index in [4.69, 9.17) is 22.4 Å². The number of thioether (sulfide) groups is 1. The molecule has 0 saturated carbocycles. The summed E-state index contributed by atoms with van der Waals surface area (Å²) >= 11 is 8.99. The molecule has 0 aliphatic carbocycles. The van der Waals surface area contributed by atoms with Gasteiger partial charge in [0.05, 0.1) is 12.1 Å². The molecular formula is C17H18ClN3O3S2. The highest BCUT2D eigenvalue weighted by molar-refractivity contribution is 8.01. The van der Waals surface area contributed by atoms with Crippen LogP contribution in [0.25, 0.3) is 0 Å². The van der Waals surface area contributed by atoms with Crippen LogP contribution in [0, 0.1) is 0 Å². The maximum Gasteiger partial charge on any atom is 0.355 e. The molecule has 2 heterocycles. The van der Waals surface area contributed by atoms with Crippen molar-refractivity contribution in [2.75, 3.05) is 12.3 Å². The van der Waals surface area contributed by atoms with Gasteiger partial charge in [0.1, 0.15) is 0 Å². The average Bonchev–Trinajstić information content (AvgIpc) is 3.23. The van der Waals surface area contributed by atoms with Crippen molar-refractivity contribution in [3.63, 3.8) is 0 Å². The minimum absolute atomic E-state index is 0.0494. The molecule has 1 aromatic heterocycles. The van der Waals surface area contributed by atoms with Gasteiger partial charge in [0, 0.05) is 29.1 Å². The molecule has 0 bridgehead atoms. The summed E-state index contributed by atoms with van der Waals surface area (Å²) in [5, 5.41) is 11.0. The largest absolute Gasteiger partial charge is 0.476 e. The lowest BCUT2D eigenvalue weighted by Crippen LogP contribution is -2.41. The van der Waals surface area contributed by atoms with Crippen LogP contribution in [0.4, 0.5) is 0 Å². The Bertz CT molecular complexity index is 814. The molecule has 3 N–H and O–H groups in total. The number of carboxylic acid groups (broad SMARTS) is 1. The fourth-order valence-electron chi connectivity index (χ4n) is 3.03. The first-order valence-electron chi connectivity index (χ1n) is 8.08. The molecule has 1 unspecified atom stereocenters. The van der Waals surface area contributed by atoms with Crippen LogP contribution < -0.4 is 5.73 Å². The first-order valence-corrected chi connectivity index (χ1v) is 10.3. The average molecular weight is 412 g/mol. The predicted molar refractivity (Wildman–Crippen MR) is 103 cm³/mol. The number of nitrogens with zero attached hydrogens (tertiary/aromatic N) is 2. The Kier molecular flexibility index (Phi) is 6.18. The third-order valence-corrected chi connectivity index (χ3v) is 6.66. The van der Waals surface area contributed by atoms with Gasteiger partial charge in [-0.3, -0.25) is 4.79 Å². The first-order chi connectivity index (χ1) is 12.5. The number of thiazole rings is 1. The Hall–Kier alpha value is -1.61.